The minimum atomic E-state index is -0.984. The van der Waals surface area contributed by atoms with Gasteiger partial charge in [0, 0.05) is 30.6 Å². The van der Waals surface area contributed by atoms with E-state index in [0.717, 1.165) is 56.7 Å². The molecule has 2 saturated heterocycles. The summed E-state index contributed by atoms with van der Waals surface area (Å²) in [6.45, 7) is 16.2. The van der Waals surface area contributed by atoms with Crippen LogP contribution in [0.3, 0.4) is 0 Å². The SMILES string of the molecule is CC1(C)OB(c2ccc3c(c2)CC[C@H](N)C(=O)N3)OC1(C)C.CC1(C)OB(c2ccc3c(c2)CC[C@H](NC(=O)c2n[nH]c(Cc4ccccc4)n2)C(=O)N3)OC1(C)C.O=C(O)C1=NN=C(Cc2ccccc2)C1. The van der Waals surface area contributed by atoms with E-state index in [-0.39, 0.29) is 41.7 Å². The monoisotopic (exact) mass is 991 g/mol. The molecule has 3 amide bonds. The number of H-pyrrole nitrogens is 1. The van der Waals surface area contributed by atoms with Crippen molar-refractivity contribution in [3.63, 3.8) is 0 Å². The van der Waals surface area contributed by atoms with Gasteiger partial charge in [-0.2, -0.15) is 5.10 Å². The number of aromatic amines is 1. The van der Waals surface area contributed by atoms with Gasteiger partial charge in [-0.3, -0.25) is 19.5 Å². The maximum atomic E-state index is 12.9. The van der Waals surface area contributed by atoms with Crippen LogP contribution in [0.4, 0.5) is 11.4 Å². The van der Waals surface area contributed by atoms with Gasteiger partial charge in [0.2, 0.25) is 17.6 Å². The molecule has 5 aliphatic heterocycles. The summed E-state index contributed by atoms with van der Waals surface area (Å²) in [5.41, 5.74) is 12.8. The fourth-order valence-corrected chi connectivity index (χ4v) is 8.52. The summed E-state index contributed by atoms with van der Waals surface area (Å²) in [5, 5.41) is 31.6. The van der Waals surface area contributed by atoms with E-state index in [1.54, 1.807) is 0 Å². The van der Waals surface area contributed by atoms with Gasteiger partial charge in [-0.1, -0.05) is 84.9 Å². The van der Waals surface area contributed by atoms with Crippen molar-refractivity contribution >= 4 is 71.7 Å². The summed E-state index contributed by atoms with van der Waals surface area (Å²) in [6.07, 6.45) is 4.00. The largest absolute Gasteiger partial charge is 0.494 e. The van der Waals surface area contributed by atoms with Crippen LogP contribution in [0.25, 0.3) is 0 Å². The number of nitrogens with two attached hydrogens (primary N) is 1. The molecule has 0 aliphatic carbocycles. The van der Waals surface area contributed by atoms with Crippen LogP contribution < -0.4 is 32.6 Å². The highest BCUT2D eigenvalue weighted by Gasteiger charge is 2.53. The van der Waals surface area contributed by atoms with Gasteiger partial charge in [0.05, 0.1) is 34.2 Å². The van der Waals surface area contributed by atoms with E-state index in [9.17, 15) is 19.2 Å². The van der Waals surface area contributed by atoms with E-state index in [2.05, 4.69) is 47.4 Å². The number of carboxylic acids is 1. The van der Waals surface area contributed by atoms with E-state index in [4.69, 9.17) is 29.5 Å². The number of hydrogen-bond donors (Lipinski definition) is 6. The van der Waals surface area contributed by atoms with Gasteiger partial charge in [0.15, 0.2) is 5.71 Å². The van der Waals surface area contributed by atoms with Gasteiger partial charge >= 0.3 is 20.2 Å². The molecule has 1 aromatic heterocycles. The topological polar surface area (TPSA) is 254 Å². The molecular formula is C53H63B2N9O9. The predicted octanol–water partition coefficient (Wildman–Crippen LogP) is 5.09. The number of benzene rings is 4. The smallest absolute Gasteiger partial charge is 0.477 e. The lowest BCUT2D eigenvalue weighted by atomic mass is 9.78. The third-order valence-electron chi connectivity index (χ3n) is 14.3. The lowest BCUT2D eigenvalue weighted by Gasteiger charge is -2.32. The van der Waals surface area contributed by atoms with Crippen molar-refractivity contribution in [2.75, 3.05) is 10.6 Å². The number of carbonyl (C=O) groups is 4. The molecule has 6 heterocycles. The maximum Gasteiger partial charge on any atom is 0.494 e. The number of aromatic nitrogens is 3. The summed E-state index contributed by atoms with van der Waals surface area (Å²) in [4.78, 5) is 52.4. The zero-order valence-electron chi connectivity index (χ0n) is 42.6. The van der Waals surface area contributed by atoms with E-state index < -0.39 is 42.3 Å². The molecule has 7 N–H and O–H groups in total. The van der Waals surface area contributed by atoms with E-state index >= 15 is 0 Å². The number of fused-ring (bicyclic) bond motifs is 2. The van der Waals surface area contributed by atoms with Crippen LogP contribution in [-0.2, 0) is 58.7 Å². The van der Waals surface area contributed by atoms with E-state index in [0.29, 0.717) is 44.3 Å². The Morgan fingerprint density at radius 1 is 0.685 bits per heavy atom. The number of carbonyl (C=O) groups excluding carboxylic acids is 3. The predicted molar refractivity (Wildman–Crippen MR) is 280 cm³/mol. The molecular weight excluding hydrogens is 928 g/mol. The quantitative estimate of drug-likeness (QED) is 0.106. The number of carboxylic acid groups (broad SMARTS) is 1. The molecule has 20 heteroatoms. The van der Waals surface area contributed by atoms with Gasteiger partial charge < -0.3 is 45.4 Å². The highest BCUT2D eigenvalue weighted by molar-refractivity contribution is 6.62. The summed E-state index contributed by atoms with van der Waals surface area (Å²) >= 11 is 0. The van der Waals surface area contributed by atoms with Crippen molar-refractivity contribution in [3.8, 4) is 0 Å². The number of hydrogen-bond acceptors (Lipinski definition) is 13. The molecule has 0 bridgehead atoms. The van der Waals surface area contributed by atoms with Gasteiger partial charge in [-0.15, -0.1) is 10.2 Å². The molecule has 0 spiro atoms. The van der Waals surface area contributed by atoms with Crippen LogP contribution in [0.15, 0.2) is 107 Å². The lowest BCUT2D eigenvalue weighted by Crippen LogP contribution is -2.43. The van der Waals surface area contributed by atoms with Crippen LogP contribution in [-0.4, -0.2) is 104 Å². The van der Waals surface area contributed by atoms with Gasteiger partial charge in [-0.05, 0) is 126 Å². The van der Waals surface area contributed by atoms with Crippen LogP contribution in [0.1, 0.15) is 113 Å². The third-order valence-corrected chi connectivity index (χ3v) is 14.3. The molecule has 5 aromatic rings. The van der Waals surface area contributed by atoms with Crippen molar-refractivity contribution in [2.45, 2.75) is 135 Å². The Balaban J connectivity index is 0.000000162. The molecule has 18 nitrogen and oxygen atoms in total. The number of anilines is 2. The van der Waals surface area contributed by atoms with Gasteiger partial charge in [0.1, 0.15) is 11.9 Å². The molecule has 5 aliphatic rings. The van der Waals surface area contributed by atoms with Crippen LogP contribution >= 0.6 is 0 Å². The van der Waals surface area contributed by atoms with Crippen LogP contribution in [0.2, 0.25) is 0 Å². The van der Waals surface area contributed by atoms with Gasteiger partial charge in [-0.25, -0.2) is 9.78 Å². The van der Waals surface area contributed by atoms with Crippen LogP contribution in [0, 0.1) is 0 Å². The number of aliphatic carboxylic acids is 1. The molecule has 4 aromatic carbocycles. The maximum absolute atomic E-state index is 12.9. The van der Waals surface area contributed by atoms with Crippen molar-refractivity contribution in [2.24, 2.45) is 15.9 Å². The Morgan fingerprint density at radius 2 is 1.18 bits per heavy atom. The second kappa shape index (κ2) is 21.3. The Bertz CT molecular complexity index is 2890. The molecule has 73 heavy (non-hydrogen) atoms. The number of rotatable bonds is 9. The van der Waals surface area contributed by atoms with Crippen LogP contribution in [0.5, 0.6) is 0 Å². The van der Waals surface area contributed by atoms with E-state index in [1.807, 2.05) is 146 Å². The zero-order valence-corrected chi connectivity index (χ0v) is 42.6. The summed E-state index contributed by atoms with van der Waals surface area (Å²) in [5.74, 6) is -1.28. The van der Waals surface area contributed by atoms with Crippen molar-refractivity contribution in [1.82, 2.24) is 20.5 Å². The molecule has 380 valence electrons. The first kappa shape index (κ1) is 52.5. The molecule has 0 radical (unpaired) electrons. The Hall–Kier alpha value is -6.83. The van der Waals surface area contributed by atoms with Crippen molar-refractivity contribution in [1.29, 1.82) is 0 Å². The van der Waals surface area contributed by atoms with Crippen molar-refractivity contribution in [3.05, 3.63) is 131 Å². The first-order valence-corrected chi connectivity index (χ1v) is 24.6. The lowest BCUT2D eigenvalue weighted by molar-refractivity contribution is -0.129. The first-order valence-electron chi connectivity index (χ1n) is 24.6. The summed E-state index contributed by atoms with van der Waals surface area (Å²) < 4.78 is 24.5. The number of amides is 3. The molecule has 2 atom stereocenters. The average molecular weight is 992 g/mol. The summed E-state index contributed by atoms with van der Waals surface area (Å²) in [6, 6.07) is 30.1. The molecule has 10 rings (SSSR count). The highest BCUT2D eigenvalue weighted by Crippen LogP contribution is 2.38. The van der Waals surface area contributed by atoms with Gasteiger partial charge in [0.25, 0.3) is 5.91 Å². The second-order valence-electron chi connectivity index (χ2n) is 20.8. The molecule has 2 fully saturated rings. The molecule has 0 unspecified atom stereocenters. The average Bonchev–Trinajstić information content (AvgIpc) is 4.07. The van der Waals surface area contributed by atoms with Crippen molar-refractivity contribution < 1.29 is 42.9 Å². The minimum absolute atomic E-state index is 0.0125. The number of aryl methyl sites for hydroxylation is 2. The Kier molecular flexibility index (Phi) is 15.3. The normalized spacial score (nSPS) is 21.0. The second-order valence-corrected chi connectivity index (χ2v) is 20.8. The molecule has 0 saturated carbocycles. The minimum Gasteiger partial charge on any atom is -0.477 e. The Morgan fingerprint density at radius 3 is 1.68 bits per heavy atom. The van der Waals surface area contributed by atoms with E-state index in [1.165, 1.54) is 0 Å². The fourth-order valence-electron chi connectivity index (χ4n) is 8.52. The number of nitrogens with one attached hydrogen (secondary N) is 4. The first-order chi connectivity index (χ1) is 34.6. The number of nitrogens with zero attached hydrogens (tertiary/aromatic N) is 4. The highest BCUT2D eigenvalue weighted by atomic mass is 16.7. The third kappa shape index (κ3) is 12.3. The standard InChI is InChI=1S/C26H30BN5O4.C16H23BN2O3.C11H10N2O2/c1-25(2)26(3,4)36-27(35-25)18-11-13-19-17(15-18)10-12-20(23(33)28-19)29-24(34)22-30-21(31-32-22)14-16-8-6-5-7-9-16;1-15(2)16(3,4)22-17(21-15)11-6-8-13-10(9-11)5-7-12(18)14(20)19-13;14-11(15)10-7-9(12-13-10)6-8-4-2-1-3-5-8/h5-9,11,13,15,20H,10,12,14H2,1-4H3,(H,28,33)(H,29,34)(H,30,31,32);6,8-9,12H,5,7,18H2,1-4H3,(H,19,20);1-5H,6-7H2,(H,14,15)/t20-;12-;/m00./s1. The zero-order chi connectivity index (χ0) is 52.3. The summed E-state index contributed by atoms with van der Waals surface area (Å²) in [7, 11) is -0.867. The fraction of sp³-hybridized carbons (Fsp3) is 0.396. The Labute approximate surface area is 426 Å².